The number of hydrogen-bond acceptors (Lipinski definition) is 4. The maximum atomic E-state index is 12.7. The second kappa shape index (κ2) is 8.15. The molecule has 5 nitrogen and oxygen atoms in total. The normalized spacial score (nSPS) is 21.7. The zero-order chi connectivity index (χ0) is 15.9. The summed E-state index contributed by atoms with van der Waals surface area (Å²) >= 11 is 0. The summed E-state index contributed by atoms with van der Waals surface area (Å²) in [7, 11) is 1.62. The molecule has 22 heavy (non-hydrogen) atoms. The molecule has 1 aromatic rings. The summed E-state index contributed by atoms with van der Waals surface area (Å²) < 4.78 is 10.5. The Balaban J connectivity index is 2.03. The van der Waals surface area contributed by atoms with Crippen molar-refractivity contribution in [1.82, 2.24) is 4.90 Å². The lowest BCUT2D eigenvalue weighted by atomic mass is 9.90. The molecule has 2 atom stereocenters. The molecule has 0 saturated carbocycles. The van der Waals surface area contributed by atoms with Crippen molar-refractivity contribution in [2.24, 2.45) is 11.8 Å². The predicted octanol–water partition coefficient (Wildman–Crippen LogP) is 1.80. The minimum absolute atomic E-state index is 0.00203. The molecule has 122 valence electrons. The Labute approximate surface area is 131 Å². The van der Waals surface area contributed by atoms with Gasteiger partial charge in [-0.15, -0.1) is 0 Å². The summed E-state index contributed by atoms with van der Waals surface area (Å²) in [6, 6.07) is 7.23. The van der Waals surface area contributed by atoms with E-state index in [1.54, 1.807) is 19.2 Å². The molecule has 1 aliphatic rings. The highest BCUT2D eigenvalue weighted by molar-refractivity contribution is 5.94. The molecule has 0 aromatic heterocycles. The Kier molecular flexibility index (Phi) is 6.21. The molecule has 1 fully saturated rings. The van der Waals surface area contributed by atoms with Gasteiger partial charge in [-0.05, 0) is 36.5 Å². The van der Waals surface area contributed by atoms with Gasteiger partial charge >= 0.3 is 0 Å². The second-order valence-corrected chi connectivity index (χ2v) is 5.97. The summed E-state index contributed by atoms with van der Waals surface area (Å²) in [5.74, 6) is 1.26. The molecule has 0 bridgehead atoms. The summed E-state index contributed by atoms with van der Waals surface area (Å²) in [5, 5.41) is 9.37. The van der Waals surface area contributed by atoms with E-state index >= 15 is 0 Å². The molecule has 1 N–H and O–H groups in total. The Bertz CT molecular complexity index is 491. The topological polar surface area (TPSA) is 59.0 Å². The van der Waals surface area contributed by atoms with Crippen LogP contribution in [0.3, 0.4) is 0 Å². The first kappa shape index (κ1) is 16.8. The van der Waals surface area contributed by atoms with E-state index in [9.17, 15) is 9.90 Å². The van der Waals surface area contributed by atoms with Crippen LogP contribution in [0.5, 0.6) is 5.75 Å². The standard InChI is InChI=1S/C17H25NO4/c1-13-8-14(12-19)11-18(10-13)17(20)15-4-3-5-16(9-15)22-7-6-21-2/h3-5,9,13-14,19H,6-8,10-12H2,1-2H3. The number of aliphatic hydroxyl groups is 1. The van der Waals surface area contributed by atoms with Crippen LogP contribution in [0.2, 0.25) is 0 Å². The van der Waals surface area contributed by atoms with E-state index in [2.05, 4.69) is 6.92 Å². The van der Waals surface area contributed by atoms with Crippen LogP contribution in [-0.2, 0) is 4.74 Å². The van der Waals surface area contributed by atoms with Gasteiger partial charge in [0, 0.05) is 32.4 Å². The molecule has 2 unspecified atom stereocenters. The number of carbonyl (C=O) groups excluding carboxylic acids is 1. The molecular weight excluding hydrogens is 282 g/mol. The van der Waals surface area contributed by atoms with Gasteiger partial charge in [-0.2, -0.15) is 0 Å². The van der Waals surface area contributed by atoms with Gasteiger partial charge in [0.25, 0.3) is 5.91 Å². The summed E-state index contributed by atoms with van der Waals surface area (Å²) in [6.07, 6.45) is 0.973. The number of ether oxygens (including phenoxy) is 2. The monoisotopic (exact) mass is 307 g/mol. The highest BCUT2D eigenvalue weighted by Crippen LogP contribution is 2.23. The number of hydrogen-bond donors (Lipinski definition) is 1. The number of benzene rings is 1. The molecule has 1 saturated heterocycles. The minimum Gasteiger partial charge on any atom is -0.491 e. The quantitative estimate of drug-likeness (QED) is 0.814. The number of amides is 1. The Morgan fingerprint density at radius 1 is 1.36 bits per heavy atom. The van der Waals surface area contributed by atoms with E-state index in [1.165, 1.54) is 0 Å². The fraction of sp³-hybridized carbons (Fsp3) is 0.588. The molecule has 5 heteroatoms. The number of carbonyl (C=O) groups is 1. The van der Waals surface area contributed by atoms with E-state index in [-0.39, 0.29) is 18.4 Å². The zero-order valence-corrected chi connectivity index (χ0v) is 13.3. The fourth-order valence-electron chi connectivity index (χ4n) is 2.92. The third kappa shape index (κ3) is 4.45. The number of likely N-dealkylation sites (tertiary alicyclic amines) is 1. The van der Waals surface area contributed by atoms with Gasteiger partial charge in [-0.1, -0.05) is 13.0 Å². The first-order valence-corrected chi connectivity index (χ1v) is 7.76. The van der Waals surface area contributed by atoms with Crippen LogP contribution in [0.15, 0.2) is 24.3 Å². The van der Waals surface area contributed by atoms with E-state index in [0.29, 0.717) is 37.0 Å². The maximum Gasteiger partial charge on any atom is 0.254 e. The van der Waals surface area contributed by atoms with Gasteiger partial charge in [-0.3, -0.25) is 4.79 Å². The number of nitrogens with zero attached hydrogens (tertiary/aromatic N) is 1. The predicted molar refractivity (Wildman–Crippen MR) is 84.1 cm³/mol. The number of aliphatic hydroxyl groups excluding tert-OH is 1. The van der Waals surface area contributed by atoms with E-state index < -0.39 is 0 Å². The van der Waals surface area contributed by atoms with Crippen molar-refractivity contribution in [2.75, 3.05) is 40.0 Å². The van der Waals surface area contributed by atoms with Crippen molar-refractivity contribution < 1.29 is 19.4 Å². The third-order valence-corrected chi connectivity index (χ3v) is 3.93. The van der Waals surface area contributed by atoms with Crippen molar-refractivity contribution in [3.05, 3.63) is 29.8 Å². The highest BCUT2D eigenvalue weighted by Gasteiger charge is 2.28. The zero-order valence-electron chi connectivity index (χ0n) is 13.3. The third-order valence-electron chi connectivity index (χ3n) is 3.93. The number of piperidine rings is 1. The second-order valence-electron chi connectivity index (χ2n) is 5.97. The average Bonchev–Trinajstić information content (AvgIpc) is 2.54. The van der Waals surface area contributed by atoms with Crippen LogP contribution in [0, 0.1) is 11.8 Å². The summed E-state index contributed by atoms with van der Waals surface area (Å²) in [4.78, 5) is 14.5. The van der Waals surface area contributed by atoms with E-state index in [0.717, 1.165) is 13.0 Å². The van der Waals surface area contributed by atoms with Crippen molar-refractivity contribution in [2.45, 2.75) is 13.3 Å². The Hall–Kier alpha value is -1.59. The van der Waals surface area contributed by atoms with Crippen LogP contribution >= 0.6 is 0 Å². The fourth-order valence-corrected chi connectivity index (χ4v) is 2.92. The highest BCUT2D eigenvalue weighted by atomic mass is 16.5. The van der Waals surface area contributed by atoms with Gasteiger partial charge in [-0.25, -0.2) is 0 Å². The largest absolute Gasteiger partial charge is 0.491 e. The average molecular weight is 307 g/mol. The molecular formula is C17H25NO4. The van der Waals surface area contributed by atoms with Crippen LogP contribution in [0.4, 0.5) is 0 Å². The van der Waals surface area contributed by atoms with Gasteiger partial charge in [0.1, 0.15) is 12.4 Å². The molecule has 0 spiro atoms. The lowest BCUT2D eigenvalue weighted by Crippen LogP contribution is -2.44. The van der Waals surface area contributed by atoms with Crippen molar-refractivity contribution in [3.8, 4) is 5.75 Å². The molecule has 0 aliphatic carbocycles. The smallest absolute Gasteiger partial charge is 0.254 e. The van der Waals surface area contributed by atoms with Crippen LogP contribution < -0.4 is 4.74 Å². The Morgan fingerprint density at radius 2 is 2.18 bits per heavy atom. The van der Waals surface area contributed by atoms with Gasteiger partial charge in [0.05, 0.1) is 6.61 Å². The van der Waals surface area contributed by atoms with Crippen LogP contribution in [0.25, 0.3) is 0 Å². The van der Waals surface area contributed by atoms with Crippen molar-refractivity contribution in [1.29, 1.82) is 0 Å². The molecule has 2 rings (SSSR count). The summed E-state index contributed by atoms with van der Waals surface area (Å²) in [5.41, 5.74) is 0.626. The van der Waals surface area contributed by atoms with Gasteiger partial charge in [0.15, 0.2) is 0 Å². The lowest BCUT2D eigenvalue weighted by molar-refractivity contribution is 0.0533. The van der Waals surface area contributed by atoms with Crippen molar-refractivity contribution in [3.63, 3.8) is 0 Å². The molecule has 1 amide bonds. The molecule has 1 heterocycles. The van der Waals surface area contributed by atoms with Crippen LogP contribution in [-0.4, -0.2) is 55.9 Å². The minimum atomic E-state index is 0.00203. The number of methoxy groups -OCH3 is 1. The molecule has 1 aromatic carbocycles. The lowest BCUT2D eigenvalue weighted by Gasteiger charge is -2.35. The van der Waals surface area contributed by atoms with Crippen molar-refractivity contribution >= 4 is 5.91 Å². The first-order valence-electron chi connectivity index (χ1n) is 7.76. The van der Waals surface area contributed by atoms with Gasteiger partial charge in [0.2, 0.25) is 0 Å². The number of rotatable bonds is 6. The molecule has 0 radical (unpaired) electrons. The SMILES string of the molecule is COCCOc1cccc(C(=O)N2CC(C)CC(CO)C2)c1. The van der Waals surface area contributed by atoms with Gasteiger partial charge < -0.3 is 19.5 Å². The van der Waals surface area contributed by atoms with E-state index in [4.69, 9.17) is 9.47 Å². The summed E-state index contributed by atoms with van der Waals surface area (Å²) in [6.45, 7) is 4.58. The van der Waals surface area contributed by atoms with E-state index in [1.807, 2.05) is 17.0 Å². The first-order chi connectivity index (χ1) is 10.6. The maximum absolute atomic E-state index is 12.7. The molecule has 1 aliphatic heterocycles. The Morgan fingerprint density at radius 3 is 2.91 bits per heavy atom. The van der Waals surface area contributed by atoms with Crippen LogP contribution in [0.1, 0.15) is 23.7 Å².